The largest absolute Gasteiger partial charge is 0.364 e. The minimum atomic E-state index is -0.572. The number of nitrogens with two attached hydrogens (primary N) is 1. The highest BCUT2D eigenvalue weighted by Gasteiger charge is 2.07. The van der Waals surface area contributed by atoms with Crippen molar-refractivity contribution in [1.29, 1.82) is 0 Å². The van der Waals surface area contributed by atoms with E-state index in [4.69, 9.17) is 5.73 Å². The summed E-state index contributed by atoms with van der Waals surface area (Å²) < 4.78 is 0. The summed E-state index contributed by atoms with van der Waals surface area (Å²) in [7, 11) is 0. The van der Waals surface area contributed by atoms with Gasteiger partial charge in [0.15, 0.2) is 0 Å². The number of nitrogens with one attached hydrogen (secondary N) is 1. The second-order valence-electron chi connectivity index (χ2n) is 5.86. The lowest BCUT2D eigenvalue weighted by molar-refractivity contribution is -0.116. The van der Waals surface area contributed by atoms with Crippen molar-refractivity contribution in [2.75, 3.05) is 5.32 Å². The lowest BCUT2D eigenvalue weighted by Crippen LogP contribution is -2.13. The van der Waals surface area contributed by atoms with Crippen LogP contribution in [0.4, 0.5) is 5.69 Å². The molecule has 25 heavy (non-hydrogen) atoms. The molecule has 0 saturated carbocycles. The smallest absolute Gasteiger partial charge is 0.267 e. The molecular weight excluding hydrogens is 314 g/mol. The lowest BCUT2D eigenvalue weighted by Gasteiger charge is -2.07. The van der Waals surface area contributed by atoms with Gasteiger partial charge in [-0.3, -0.25) is 9.59 Å². The first-order chi connectivity index (χ1) is 12.1. The summed E-state index contributed by atoms with van der Waals surface area (Å²) >= 11 is 0. The lowest BCUT2D eigenvalue weighted by atomic mass is 10.1. The van der Waals surface area contributed by atoms with Crippen molar-refractivity contribution in [2.45, 2.75) is 19.3 Å². The Balaban J connectivity index is 1.61. The van der Waals surface area contributed by atoms with Gasteiger partial charge < -0.3 is 11.1 Å². The Morgan fingerprint density at radius 3 is 2.52 bits per heavy atom. The number of hydrogen-bond acceptors (Lipinski definition) is 3. The van der Waals surface area contributed by atoms with Gasteiger partial charge in [0, 0.05) is 17.5 Å². The highest BCUT2D eigenvalue weighted by Crippen LogP contribution is 2.18. The molecule has 0 radical (unpaired) electrons. The quantitative estimate of drug-likeness (QED) is 0.726. The van der Waals surface area contributed by atoms with E-state index in [-0.39, 0.29) is 11.6 Å². The zero-order valence-corrected chi connectivity index (χ0v) is 13.7. The summed E-state index contributed by atoms with van der Waals surface area (Å²) in [6.07, 6.45) is 2.10. The zero-order valence-electron chi connectivity index (χ0n) is 13.7. The third-order valence-corrected chi connectivity index (χ3v) is 3.94. The van der Waals surface area contributed by atoms with Crippen molar-refractivity contribution in [3.05, 3.63) is 71.9 Å². The minimum absolute atomic E-state index is 0.0404. The topological polar surface area (TPSA) is 85.1 Å². The molecule has 2 amide bonds. The van der Waals surface area contributed by atoms with Crippen LogP contribution in [0.1, 0.15) is 28.9 Å². The molecule has 3 N–H and O–H groups in total. The first kappa shape index (κ1) is 16.6. The summed E-state index contributed by atoms with van der Waals surface area (Å²) in [5.74, 6) is -0.612. The second kappa shape index (κ2) is 7.57. The molecule has 0 aliphatic heterocycles. The number of aromatic nitrogens is 1. The predicted octanol–water partition coefficient (Wildman–Crippen LogP) is 3.30. The number of primary amides is 1. The molecule has 2 aromatic carbocycles. The van der Waals surface area contributed by atoms with Crippen LogP contribution in [0.25, 0.3) is 10.9 Å². The molecule has 126 valence electrons. The van der Waals surface area contributed by atoms with Gasteiger partial charge in [-0.15, -0.1) is 0 Å². The molecule has 0 aliphatic rings. The van der Waals surface area contributed by atoms with E-state index in [0.717, 1.165) is 18.2 Å². The summed E-state index contributed by atoms with van der Waals surface area (Å²) in [5.41, 5.74) is 7.97. The number of carbonyl (C=O) groups excluding carboxylic acids is 2. The first-order valence-corrected chi connectivity index (χ1v) is 8.16. The first-order valence-electron chi connectivity index (χ1n) is 8.16. The zero-order chi connectivity index (χ0) is 17.6. The van der Waals surface area contributed by atoms with Crippen LogP contribution in [0.5, 0.6) is 0 Å². The number of fused-ring (bicyclic) bond motifs is 1. The molecule has 0 spiro atoms. The standard InChI is InChI=1S/C20H19N3O2/c21-20(25)17-12-10-15-9-11-16(13-18(15)23-17)22-19(24)8-4-7-14-5-2-1-3-6-14/h1-3,5-6,9-13H,4,7-8H2,(H2,21,25)(H,22,24). The molecule has 3 rings (SSSR count). The number of carbonyl (C=O) groups is 2. The van der Waals surface area contributed by atoms with Crippen molar-refractivity contribution in [2.24, 2.45) is 5.73 Å². The molecule has 5 nitrogen and oxygen atoms in total. The minimum Gasteiger partial charge on any atom is -0.364 e. The molecule has 5 heteroatoms. The third kappa shape index (κ3) is 4.41. The Morgan fingerprint density at radius 2 is 1.76 bits per heavy atom. The molecule has 0 unspecified atom stereocenters. The number of pyridine rings is 1. The van der Waals surface area contributed by atoms with Gasteiger partial charge in [-0.05, 0) is 36.6 Å². The van der Waals surface area contributed by atoms with Crippen LogP contribution in [0.15, 0.2) is 60.7 Å². The van der Waals surface area contributed by atoms with Gasteiger partial charge in [0.2, 0.25) is 5.91 Å². The van der Waals surface area contributed by atoms with E-state index in [1.165, 1.54) is 5.56 Å². The molecule has 0 aliphatic carbocycles. The average Bonchev–Trinajstić information content (AvgIpc) is 2.62. The van der Waals surface area contributed by atoms with Crippen molar-refractivity contribution in [3.63, 3.8) is 0 Å². The fourth-order valence-electron chi connectivity index (χ4n) is 2.65. The maximum atomic E-state index is 12.1. The number of anilines is 1. The van der Waals surface area contributed by atoms with Crippen LogP contribution in [-0.4, -0.2) is 16.8 Å². The average molecular weight is 333 g/mol. The summed E-state index contributed by atoms with van der Waals surface area (Å²) in [5, 5.41) is 3.76. The van der Waals surface area contributed by atoms with Crippen molar-refractivity contribution in [1.82, 2.24) is 4.98 Å². The summed E-state index contributed by atoms with van der Waals surface area (Å²) in [6.45, 7) is 0. The second-order valence-corrected chi connectivity index (χ2v) is 5.86. The Hall–Kier alpha value is -3.21. The highest BCUT2D eigenvalue weighted by molar-refractivity contribution is 5.96. The van der Waals surface area contributed by atoms with E-state index >= 15 is 0 Å². The van der Waals surface area contributed by atoms with E-state index in [1.54, 1.807) is 18.2 Å². The maximum absolute atomic E-state index is 12.1. The maximum Gasteiger partial charge on any atom is 0.267 e. The van der Waals surface area contributed by atoms with Gasteiger partial charge in [-0.25, -0.2) is 4.98 Å². The molecule has 3 aromatic rings. The van der Waals surface area contributed by atoms with Gasteiger partial charge in [0.05, 0.1) is 5.52 Å². The van der Waals surface area contributed by atoms with Crippen LogP contribution in [-0.2, 0) is 11.2 Å². The Morgan fingerprint density at radius 1 is 1.00 bits per heavy atom. The van der Waals surface area contributed by atoms with Crippen LogP contribution < -0.4 is 11.1 Å². The van der Waals surface area contributed by atoms with E-state index < -0.39 is 5.91 Å². The molecule has 1 heterocycles. The summed E-state index contributed by atoms with van der Waals surface area (Å²) in [4.78, 5) is 27.6. The molecule has 0 atom stereocenters. The van der Waals surface area contributed by atoms with E-state index in [1.807, 2.05) is 30.3 Å². The fraction of sp³-hybridized carbons (Fsp3) is 0.150. The Kier molecular flexibility index (Phi) is 5.04. The normalized spacial score (nSPS) is 10.6. The Bertz CT molecular complexity index is 907. The van der Waals surface area contributed by atoms with Gasteiger partial charge in [0.25, 0.3) is 5.91 Å². The van der Waals surface area contributed by atoms with Gasteiger partial charge >= 0.3 is 0 Å². The van der Waals surface area contributed by atoms with E-state index in [9.17, 15) is 9.59 Å². The number of amides is 2. The van der Waals surface area contributed by atoms with Crippen molar-refractivity contribution in [3.8, 4) is 0 Å². The molecule has 1 aromatic heterocycles. The van der Waals surface area contributed by atoms with Gasteiger partial charge in [-0.1, -0.05) is 42.5 Å². The van der Waals surface area contributed by atoms with Crippen molar-refractivity contribution < 1.29 is 9.59 Å². The molecular formula is C20H19N3O2. The molecule has 0 bridgehead atoms. The van der Waals surface area contributed by atoms with Gasteiger partial charge in [-0.2, -0.15) is 0 Å². The van der Waals surface area contributed by atoms with Crippen LogP contribution in [0.3, 0.4) is 0 Å². The Labute approximate surface area is 145 Å². The van der Waals surface area contributed by atoms with Crippen LogP contribution >= 0.6 is 0 Å². The number of hydrogen-bond donors (Lipinski definition) is 2. The molecule has 0 saturated heterocycles. The monoisotopic (exact) mass is 333 g/mol. The van der Waals surface area contributed by atoms with Gasteiger partial charge in [0.1, 0.15) is 5.69 Å². The highest BCUT2D eigenvalue weighted by atomic mass is 16.2. The van der Waals surface area contributed by atoms with Crippen LogP contribution in [0.2, 0.25) is 0 Å². The number of nitrogens with zero attached hydrogens (tertiary/aromatic N) is 1. The third-order valence-electron chi connectivity index (χ3n) is 3.94. The van der Waals surface area contributed by atoms with Crippen molar-refractivity contribution >= 4 is 28.4 Å². The summed E-state index contributed by atoms with van der Waals surface area (Å²) in [6, 6.07) is 18.9. The number of benzene rings is 2. The number of aryl methyl sites for hydroxylation is 1. The fourth-order valence-corrected chi connectivity index (χ4v) is 2.65. The molecule has 0 fully saturated rings. The van der Waals surface area contributed by atoms with E-state index in [2.05, 4.69) is 22.4 Å². The van der Waals surface area contributed by atoms with Crippen LogP contribution in [0, 0.1) is 0 Å². The predicted molar refractivity (Wildman–Crippen MR) is 98.3 cm³/mol. The van der Waals surface area contributed by atoms with E-state index in [0.29, 0.717) is 17.6 Å². The SMILES string of the molecule is NC(=O)c1ccc2ccc(NC(=O)CCCc3ccccc3)cc2n1. The number of rotatable bonds is 6.